The Bertz CT molecular complexity index is 756. The van der Waals surface area contributed by atoms with Crippen molar-refractivity contribution in [3.8, 4) is 5.75 Å². The molecule has 1 N–H and O–H groups in total. The molecule has 0 spiro atoms. The number of nitrogens with one attached hydrogen (secondary N) is 1. The zero-order valence-electron chi connectivity index (χ0n) is 13.9. The Morgan fingerprint density at radius 2 is 1.76 bits per heavy atom. The van der Waals surface area contributed by atoms with Crippen molar-refractivity contribution in [1.82, 2.24) is 0 Å². The second kappa shape index (κ2) is 8.45. The number of benzene rings is 2. The van der Waals surface area contributed by atoms with Gasteiger partial charge in [-0.2, -0.15) is 0 Å². The van der Waals surface area contributed by atoms with Gasteiger partial charge in [0, 0.05) is 17.1 Å². The van der Waals surface area contributed by atoms with Crippen LogP contribution in [0.2, 0.25) is 0 Å². The van der Waals surface area contributed by atoms with E-state index in [0.29, 0.717) is 21.6 Å². The third kappa shape index (κ3) is 4.80. The van der Waals surface area contributed by atoms with Gasteiger partial charge in [0.25, 0.3) is 5.91 Å². The van der Waals surface area contributed by atoms with E-state index in [0.717, 1.165) is 0 Å². The zero-order valence-corrected chi connectivity index (χ0v) is 15.5. The number of ketones is 1. The van der Waals surface area contributed by atoms with Gasteiger partial charge in [0.1, 0.15) is 5.75 Å². The molecule has 2 aromatic carbocycles. The molecular weight excluding hydrogens is 354 g/mol. The number of ether oxygens (including phenoxy) is 1. The predicted molar refractivity (Wildman–Crippen MR) is 105 cm³/mol. The van der Waals surface area contributed by atoms with Gasteiger partial charge in [-0.3, -0.25) is 9.59 Å². The van der Waals surface area contributed by atoms with Crippen molar-refractivity contribution < 1.29 is 14.3 Å². The topological polar surface area (TPSA) is 55.4 Å². The molecule has 25 heavy (non-hydrogen) atoms. The van der Waals surface area contributed by atoms with Gasteiger partial charge < -0.3 is 10.1 Å². The molecule has 0 unspecified atom stereocenters. The molecule has 3 rings (SSSR count). The van der Waals surface area contributed by atoms with Gasteiger partial charge in [-0.25, -0.2) is 0 Å². The van der Waals surface area contributed by atoms with Gasteiger partial charge in [-0.1, -0.05) is 24.3 Å². The Balaban J connectivity index is 1.55. The van der Waals surface area contributed by atoms with Crippen LogP contribution < -0.4 is 10.1 Å². The van der Waals surface area contributed by atoms with E-state index in [1.165, 1.54) is 24.0 Å². The Labute approximate surface area is 155 Å². The molecule has 0 aromatic heterocycles. The summed E-state index contributed by atoms with van der Waals surface area (Å²) in [6.07, 6.45) is 0. The lowest BCUT2D eigenvalue weighted by Crippen LogP contribution is -2.21. The van der Waals surface area contributed by atoms with Crippen LogP contribution in [-0.4, -0.2) is 29.8 Å². The van der Waals surface area contributed by atoms with Crippen LogP contribution in [0, 0.1) is 0 Å². The summed E-state index contributed by atoms with van der Waals surface area (Å²) in [5.41, 5.74) is 2.28. The number of carbonyl (C=O) groups excluding carboxylic acids is 2. The highest BCUT2D eigenvalue weighted by Gasteiger charge is 2.18. The fourth-order valence-corrected chi connectivity index (χ4v) is 5.37. The highest BCUT2D eigenvalue weighted by atomic mass is 32.2. The van der Waals surface area contributed by atoms with Crippen molar-refractivity contribution in [3.05, 3.63) is 59.7 Å². The molecule has 2 aromatic rings. The average Bonchev–Trinajstić information content (AvgIpc) is 3.15. The lowest BCUT2D eigenvalue weighted by atomic mass is 10.1. The zero-order chi connectivity index (χ0) is 17.6. The number of carbonyl (C=O) groups is 2. The largest absolute Gasteiger partial charge is 0.484 e. The van der Waals surface area contributed by atoms with Gasteiger partial charge >= 0.3 is 0 Å². The molecule has 1 fully saturated rings. The molecule has 130 valence electrons. The van der Waals surface area contributed by atoms with E-state index in [1.807, 2.05) is 47.8 Å². The molecule has 6 heteroatoms. The number of rotatable bonds is 6. The van der Waals surface area contributed by atoms with Crippen molar-refractivity contribution in [3.63, 3.8) is 0 Å². The summed E-state index contributed by atoms with van der Waals surface area (Å²) >= 11 is 3.91. The molecule has 1 saturated heterocycles. The summed E-state index contributed by atoms with van der Waals surface area (Å²) in [7, 11) is 0. The SMILES string of the molecule is CC(=O)c1ccccc1NC(=O)COc1ccc(C2SCCS2)cc1. The van der Waals surface area contributed by atoms with Crippen LogP contribution in [0.15, 0.2) is 48.5 Å². The van der Waals surface area contributed by atoms with E-state index < -0.39 is 0 Å². The maximum Gasteiger partial charge on any atom is 0.262 e. The minimum atomic E-state index is -0.292. The highest BCUT2D eigenvalue weighted by Crippen LogP contribution is 2.45. The summed E-state index contributed by atoms with van der Waals surface area (Å²) in [5.74, 6) is 2.66. The molecule has 4 nitrogen and oxygen atoms in total. The monoisotopic (exact) mass is 373 g/mol. The van der Waals surface area contributed by atoms with E-state index in [-0.39, 0.29) is 18.3 Å². The average molecular weight is 373 g/mol. The van der Waals surface area contributed by atoms with Gasteiger partial charge in [0.15, 0.2) is 12.4 Å². The number of hydrogen-bond donors (Lipinski definition) is 1. The van der Waals surface area contributed by atoms with E-state index in [9.17, 15) is 9.59 Å². The number of Topliss-reactive ketones (excluding diaryl/α,β-unsaturated/α-hetero) is 1. The molecule has 1 amide bonds. The van der Waals surface area contributed by atoms with E-state index in [4.69, 9.17) is 4.74 Å². The standard InChI is InChI=1S/C19H19NO3S2/c1-13(21)16-4-2-3-5-17(16)20-18(22)12-23-15-8-6-14(7-9-15)19-24-10-11-25-19/h2-9,19H,10-12H2,1H3,(H,20,22). The van der Waals surface area contributed by atoms with Crippen LogP contribution in [0.4, 0.5) is 5.69 Å². The summed E-state index contributed by atoms with van der Waals surface area (Å²) < 4.78 is 6.05. The predicted octanol–water partition coefficient (Wildman–Crippen LogP) is 4.39. The summed E-state index contributed by atoms with van der Waals surface area (Å²) in [4.78, 5) is 23.7. The Kier molecular flexibility index (Phi) is 6.04. The van der Waals surface area contributed by atoms with Gasteiger partial charge in [-0.05, 0) is 36.8 Å². The first kappa shape index (κ1) is 17.9. The van der Waals surface area contributed by atoms with Crippen LogP contribution >= 0.6 is 23.5 Å². The second-order valence-corrected chi connectivity index (χ2v) is 8.31. The summed E-state index contributed by atoms with van der Waals surface area (Å²) in [5, 5.41) is 2.73. The first-order chi connectivity index (χ1) is 12.1. The second-order valence-electron chi connectivity index (χ2n) is 5.58. The first-order valence-corrected chi connectivity index (χ1v) is 10.1. The molecule has 0 saturated carbocycles. The molecule has 0 radical (unpaired) electrons. The van der Waals surface area contributed by atoms with Crippen molar-refractivity contribution in [2.45, 2.75) is 11.5 Å². The van der Waals surface area contributed by atoms with Crippen molar-refractivity contribution in [2.24, 2.45) is 0 Å². The Morgan fingerprint density at radius 3 is 2.44 bits per heavy atom. The third-order valence-corrected chi connectivity index (χ3v) is 6.83. The maximum atomic E-state index is 12.1. The van der Waals surface area contributed by atoms with E-state index in [2.05, 4.69) is 5.32 Å². The fourth-order valence-electron chi connectivity index (χ4n) is 2.51. The quantitative estimate of drug-likeness (QED) is 0.761. The molecule has 0 aliphatic carbocycles. The van der Waals surface area contributed by atoms with E-state index in [1.54, 1.807) is 24.3 Å². The minimum Gasteiger partial charge on any atom is -0.484 e. The van der Waals surface area contributed by atoms with Crippen molar-refractivity contribution in [2.75, 3.05) is 23.4 Å². The van der Waals surface area contributed by atoms with Crippen LogP contribution in [0.1, 0.15) is 27.4 Å². The fraction of sp³-hybridized carbons (Fsp3) is 0.263. The Hall–Kier alpha value is -1.92. The number of anilines is 1. The molecule has 1 heterocycles. The molecular formula is C19H19NO3S2. The van der Waals surface area contributed by atoms with E-state index >= 15 is 0 Å². The maximum absolute atomic E-state index is 12.1. The molecule has 0 atom stereocenters. The van der Waals surface area contributed by atoms with Crippen LogP contribution in [0.5, 0.6) is 5.75 Å². The number of amides is 1. The minimum absolute atomic E-state index is 0.0879. The number of thioether (sulfide) groups is 2. The highest BCUT2D eigenvalue weighted by molar-refractivity contribution is 8.19. The van der Waals surface area contributed by atoms with Gasteiger partial charge in [-0.15, -0.1) is 23.5 Å². The van der Waals surface area contributed by atoms with Gasteiger partial charge in [0.05, 0.1) is 10.3 Å². The molecule has 0 bridgehead atoms. The smallest absolute Gasteiger partial charge is 0.262 e. The number of hydrogen-bond acceptors (Lipinski definition) is 5. The van der Waals surface area contributed by atoms with Crippen molar-refractivity contribution >= 4 is 40.9 Å². The molecule has 1 aliphatic heterocycles. The van der Waals surface area contributed by atoms with Gasteiger partial charge in [0.2, 0.25) is 0 Å². The summed E-state index contributed by atoms with van der Waals surface area (Å²) in [6.45, 7) is 1.38. The summed E-state index contributed by atoms with van der Waals surface area (Å²) in [6, 6.07) is 14.8. The first-order valence-electron chi connectivity index (χ1n) is 7.99. The van der Waals surface area contributed by atoms with Crippen LogP contribution in [0.25, 0.3) is 0 Å². The lowest BCUT2D eigenvalue weighted by Gasteiger charge is -2.11. The van der Waals surface area contributed by atoms with Crippen molar-refractivity contribution in [1.29, 1.82) is 0 Å². The Morgan fingerprint density at radius 1 is 1.08 bits per heavy atom. The van der Waals surface area contributed by atoms with Crippen LogP contribution in [-0.2, 0) is 4.79 Å². The van der Waals surface area contributed by atoms with Crippen LogP contribution in [0.3, 0.4) is 0 Å². The normalized spacial score (nSPS) is 14.3. The third-order valence-electron chi connectivity index (χ3n) is 3.72. The lowest BCUT2D eigenvalue weighted by molar-refractivity contribution is -0.118. The molecule has 1 aliphatic rings. The number of para-hydroxylation sites is 1.